The number of nitrogens with zero attached hydrogens (tertiary/aromatic N) is 4. The van der Waals surface area contributed by atoms with Crippen molar-refractivity contribution < 1.29 is 9.59 Å². The minimum absolute atomic E-state index is 0.0346. The molecule has 422 valence electrons. The van der Waals surface area contributed by atoms with Gasteiger partial charge in [0.2, 0.25) is 5.70 Å². The molecule has 8 rings (SSSR count). The first-order valence-electron chi connectivity index (χ1n) is 30.1. The van der Waals surface area contributed by atoms with Gasteiger partial charge in [0.1, 0.15) is 6.07 Å². The maximum absolute atomic E-state index is 16.0. The van der Waals surface area contributed by atoms with Crippen molar-refractivity contribution in [2.75, 3.05) is 13.1 Å². The van der Waals surface area contributed by atoms with Crippen LogP contribution in [-0.2, 0) is 9.59 Å². The van der Waals surface area contributed by atoms with E-state index in [0.717, 1.165) is 112 Å². The van der Waals surface area contributed by atoms with Crippen molar-refractivity contribution >= 4 is 115 Å². The number of nitriles is 1. The summed E-state index contributed by atoms with van der Waals surface area (Å²) in [6, 6.07) is 27.5. The number of hydrogen-bond acceptors (Lipinski definition) is 9. The second-order valence-corrected chi connectivity index (χ2v) is 28.1. The molecule has 0 saturated carbocycles. The average Bonchev–Trinajstić information content (AvgIpc) is 4.48. The predicted molar refractivity (Wildman–Crippen MR) is 350 cm³/mol. The lowest BCUT2D eigenvalue weighted by atomic mass is 9.93. The zero-order valence-corrected chi connectivity index (χ0v) is 52.7. The van der Waals surface area contributed by atoms with Gasteiger partial charge in [0.15, 0.2) is 0 Å². The molecule has 6 aromatic heterocycles. The van der Waals surface area contributed by atoms with E-state index in [0.29, 0.717) is 47.3 Å². The monoisotopic (exact) mass is 1180 g/mol. The van der Waals surface area contributed by atoms with E-state index in [1.807, 2.05) is 47.2 Å². The van der Waals surface area contributed by atoms with Crippen molar-refractivity contribution in [2.24, 2.45) is 11.8 Å². The number of rotatable bonds is 36. The average molecular weight is 1180 g/mol. The summed E-state index contributed by atoms with van der Waals surface area (Å²) in [6.45, 7) is 18.2. The lowest BCUT2D eigenvalue weighted by Gasteiger charge is -2.29. The maximum Gasteiger partial charge on any atom is 0.261 e. The number of carbonyl (C=O) groups excluding carboxylic acids is 2. The van der Waals surface area contributed by atoms with Crippen LogP contribution in [0.1, 0.15) is 211 Å². The van der Waals surface area contributed by atoms with Gasteiger partial charge in [-0.1, -0.05) is 174 Å². The highest BCUT2D eigenvalue weighted by atomic mass is 32.1. The third-order valence-corrected chi connectivity index (χ3v) is 22.1. The van der Waals surface area contributed by atoms with Crippen molar-refractivity contribution in [2.45, 2.75) is 182 Å². The molecule has 80 heavy (non-hydrogen) atoms. The minimum Gasteiger partial charge on any atom is -0.306 e. The van der Waals surface area contributed by atoms with Crippen LogP contribution in [0.25, 0.3) is 59.2 Å². The zero-order chi connectivity index (χ0) is 56.1. The molecule has 2 unspecified atom stereocenters. The fourth-order valence-electron chi connectivity index (χ4n) is 11.3. The van der Waals surface area contributed by atoms with Crippen LogP contribution in [0, 0.1) is 29.7 Å². The largest absolute Gasteiger partial charge is 0.306 e. The minimum atomic E-state index is -0.0346. The molecule has 0 bridgehead atoms. The molecule has 12 heteroatoms. The summed E-state index contributed by atoms with van der Waals surface area (Å²) in [5.74, 6) is 0.568. The summed E-state index contributed by atoms with van der Waals surface area (Å²) in [4.78, 5) is 50.3. The number of amides is 2. The van der Waals surface area contributed by atoms with Gasteiger partial charge in [-0.2, -0.15) is 16.6 Å². The predicted octanol–water partition coefficient (Wildman–Crippen LogP) is 22.4. The normalized spacial score (nSPS) is 14.7. The fraction of sp³-hybridized carbons (Fsp3) is 0.471. The number of unbranched alkanes of at least 4 members (excludes halogenated alkanes) is 16. The molecule has 0 spiro atoms. The van der Waals surface area contributed by atoms with Crippen LogP contribution in [0.4, 0.5) is 0 Å². The first-order chi connectivity index (χ1) is 39.3. The first kappa shape index (κ1) is 61.2. The molecule has 2 atom stereocenters. The van der Waals surface area contributed by atoms with Gasteiger partial charge in [-0.05, 0) is 115 Å². The van der Waals surface area contributed by atoms with E-state index in [9.17, 15) is 5.26 Å². The van der Waals surface area contributed by atoms with Crippen LogP contribution in [0.3, 0.4) is 0 Å². The number of fused-ring (bicyclic) bond motifs is 1. The highest BCUT2D eigenvalue weighted by Crippen LogP contribution is 2.51. The Hall–Kier alpha value is -4.92. The smallest absolute Gasteiger partial charge is 0.261 e. The fourth-order valence-corrected chi connectivity index (χ4v) is 16.9. The summed E-state index contributed by atoms with van der Waals surface area (Å²) < 4.78 is 0. The van der Waals surface area contributed by atoms with Gasteiger partial charge in [-0.3, -0.25) is 9.59 Å². The number of allylic oxidation sites excluding steroid dienone is 1. The topological polar surface area (TPSA) is 68.8 Å². The third kappa shape index (κ3) is 16.2. The molecule has 0 radical (unpaired) electrons. The lowest BCUT2D eigenvalue weighted by Crippen LogP contribution is -2.34. The van der Waals surface area contributed by atoms with Gasteiger partial charge in [0.05, 0.1) is 44.4 Å². The Balaban J connectivity index is 1.22. The molecule has 8 heterocycles. The van der Waals surface area contributed by atoms with Crippen LogP contribution in [-0.4, -0.2) is 34.7 Å². The third-order valence-electron chi connectivity index (χ3n) is 15.7. The van der Waals surface area contributed by atoms with Gasteiger partial charge in [0, 0.05) is 52.1 Å². The van der Waals surface area contributed by atoms with Crippen LogP contribution in [0.15, 0.2) is 94.7 Å². The van der Waals surface area contributed by atoms with E-state index in [4.69, 9.17) is 6.57 Å². The molecular weight excluding hydrogens is 1100 g/mol. The SMILES string of the molecule is [C-]#[N+]/C(=C\c1ccc(-c2ccc(C3=C4C(=O)N(CC(CCCCCC)CCCCCCCC)C(c5ccc(-c6ccc(/C=C(\C#N)c7cccs7)s6)s5)=C4C(=O)N3CC(CCCCCC)CCCCCCCC)s2)s1)c1cccs1. The van der Waals surface area contributed by atoms with Crippen LogP contribution < -0.4 is 0 Å². The Kier molecular flexibility index (Phi) is 24.5. The Morgan fingerprint density at radius 1 is 0.500 bits per heavy atom. The molecule has 2 amide bonds. The van der Waals surface area contributed by atoms with E-state index in [1.165, 1.54) is 103 Å². The number of carbonyl (C=O) groups is 2. The maximum atomic E-state index is 16.0. The van der Waals surface area contributed by atoms with Gasteiger partial charge >= 0.3 is 0 Å². The highest BCUT2D eigenvalue weighted by molar-refractivity contribution is 7.23. The molecule has 0 fully saturated rings. The number of thiophene rings is 6. The van der Waals surface area contributed by atoms with E-state index in [1.54, 1.807) is 68.0 Å². The zero-order valence-electron chi connectivity index (χ0n) is 47.8. The standard InChI is InChI=1S/C68H82N4O2S6/c1-6-10-14-18-20-24-30-49(28-22-16-12-8-3)47-71-65(61-40-38-59(79-61)57-36-34-52(77-57)44-51(46-69)55-32-26-42-75-55)63-64(68(71)74)66(72(67(63)73)48-50(29-23-17-13-9-4)31-25-21-19-15-11-7-2)62-41-39-60(80-62)58-37-35-53(78-58)45-54(70-5)56-33-27-43-76-56/h26-27,32-45,49-50H,6-25,28-31,47-48H2,1-4H3/b51-44+,54-45-. The Morgan fingerprint density at radius 3 is 1.29 bits per heavy atom. The summed E-state index contributed by atoms with van der Waals surface area (Å²) in [7, 11) is 0. The van der Waals surface area contributed by atoms with Gasteiger partial charge < -0.3 is 9.80 Å². The molecule has 2 aliphatic rings. The second kappa shape index (κ2) is 32.1. The van der Waals surface area contributed by atoms with Crippen molar-refractivity contribution in [1.29, 1.82) is 5.26 Å². The molecular formula is C68H82N4O2S6. The van der Waals surface area contributed by atoms with Crippen molar-refractivity contribution in [3.05, 3.63) is 135 Å². The summed E-state index contributed by atoms with van der Waals surface area (Å²) in [6.07, 6.45) is 32.5. The summed E-state index contributed by atoms with van der Waals surface area (Å²) in [5.41, 5.74) is 4.03. The second-order valence-electron chi connectivity index (χ2n) is 21.8. The first-order valence-corrected chi connectivity index (χ1v) is 35.1. The van der Waals surface area contributed by atoms with Crippen LogP contribution >= 0.6 is 68.0 Å². The molecule has 0 N–H and O–H groups in total. The van der Waals surface area contributed by atoms with Crippen molar-refractivity contribution in [1.82, 2.24) is 9.80 Å². The van der Waals surface area contributed by atoms with E-state index in [2.05, 4.69) is 96.9 Å². The quantitative estimate of drug-likeness (QED) is 0.0224. The Labute approximate surface area is 503 Å². The van der Waals surface area contributed by atoms with Gasteiger partial charge in [-0.15, -0.1) is 56.7 Å². The summed E-state index contributed by atoms with van der Waals surface area (Å²) in [5, 5.41) is 14.1. The van der Waals surface area contributed by atoms with E-state index < -0.39 is 0 Å². The van der Waals surface area contributed by atoms with Gasteiger partial charge in [0.25, 0.3) is 11.8 Å². The molecule has 0 saturated heterocycles. The molecule has 2 aliphatic heterocycles. The lowest BCUT2D eigenvalue weighted by molar-refractivity contribution is -0.124. The molecule has 0 aliphatic carbocycles. The van der Waals surface area contributed by atoms with Gasteiger partial charge in [-0.25, -0.2) is 4.85 Å². The van der Waals surface area contributed by atoms with Crippen LogP contribution in [0.2, 0.25) is 0 Å². The Morgan fingerprint density at radius 2 is 0.875 bits per heavy atom. The molecule has 6 aromatic rings. The van der Waals surface area contributed by atoms with Crippen molar-refractivity contribution in [3.63, 3.8) is 0 Å². The van der Waals surface area contributed by atoms with E-state index in [-0.39, 0.29) is 11.8 Å². The van der Waals surface area contributed by atoms with Crippen molar-refractivity contribution in [3.8, 4) is 25.6 Å². The summed E-state index contributed by atoms with van der Waals surface area (Å²) >= 11 is 9.85. The molecule has 0 aromatic carbocycles. The molecule has 6 nitrogen and oxygen atoms in total. The van der Waals surface area contributed by atoms with E-state index >= 15 is 9.59 Å². The Bertz CT molecular complexity index is 2910. The highest BCUT2D eigenvalue weighted by Gasteiger charge is 2.50. The van der Waals surface area contributed by atoms with Crippen LogP contribution in [0.5, 0.6) is 0 Å². The number of hydrogen-bond donors (Lipinski definition) is 0.